The van der Waals surface area contributed by atoms with Gasteiger partial charge in [0.15, 0.2) is 11.6 Å². The Morgan fingerprint density at radius 2 is 1.60 bits per heavy atom. The van der Waals surface area contributed by atoms with Crippen molar-refractivity contribution in [3.05, 3.63) is 53.8 Å². The maximum Gasteiger partial charge on any atom is 0.387 e. The van der Waals surface area contributed by atoms with E-state index in [1.807, 2.05) is 12.1 Å². The van der Waals surface area contributed by atoms with Crippen LogP contribution in [0, 0.1) is 23.6 Å². The normalized spacial score (nSPS) is 26.4. The lowest BCUT2D eigenvalue weighted by Gasteiger charge is -2.42. The molecule has 0 aliphatic heterocycles. The summed E-state index contributed by atoms with van der Waals surface area (Å²) in [4.78, 5) is 0. The van der Waals surface area contributed by atoms with Crippen molar-refractivity contribution in [3.8, 4) is 16.9 Å². The first-order chi connectivity index (χ1) is 14.5. The molecule has 0 bridgehead atoms. The Bertz CT molecular complexity index is 833. The van der Waals surface area contributed by atoms with Gasteiger partial charge in [-0.2, -0.15) is 8.78 Å². The zero-order chi connectivity index (χ0) is 21.1. The van der Waals surface area contributed by atoms with Gasteiger partial charge in [0.05, 0.1) is 0 Å². The second kappa shape index (κ2) is 9.45. The van der Waals surface area contributed by atoms with E-state index in [4.69, 9.17) is 0 Å². The molecule has 4 atom stereocenters. The van der Waals surface area contributed by atoms with Crippen LogP contribution in [-0.2, 0) is 0 Å². The number of benzene rings is 2. The molecule has 2 aliphatic carbocycles. The van der Waals surface area contributed by atoms with Crippen LogP contribution in [0.5, 0.6) is 5.75 Å². The van der Waals surface area contributed by atoms with Crippen LogP contribution in [-0.4, -0.2) is 6.61 Å². The third-order valence-corrected chi connectivity index (χ3v) is 7.28. The van der Waals surface area contributed by atoms with Gasteiger partial charge in [-0.25, -0.2) is 4.39 Å². The van der Waals surface area contributed by atoms with E-state index in [2.05, 4.69) is 23.8 Å². The summed E-state index contributed by atoms with van der Waals surface area (Å²) in [5, 5.41) is 0. The lowest BCUT2D eigenvalue weighted by atomic mass is 9.63. The number of hydrogen-bond donors (Lipinski definition) is 0. The Balaban J connectivity index is 1.40. The van der Waals surface area contributed by atoms with Crippen LogP contribution >= 0.6 is 0 Å². The average Bonchev–Trinajstić information content (AvgIpc) is 2.75. The number of fused-ring (bicyclic) bond motifs is 1. The van der Waals surface area contributed by atoms with Crippen molar-refractivity contribution >= 4 is 0 Å². The molecule has 30 heavy (non-hydrogen) atoms. The largest absolute Gasteiger partial charge is 0.432 e. The zero-order valence-electron chi connectivity index (χ0n) is 17.6. The summed E-state index contributed by atoms with van der Waals surface area (Å²) < 4.78 is 42.9. The van der Waals surface area contributed by atoms with Crippen molar-refractivity contribution in [1.82, 2.24) is 0 Å². The first kappa shape index (κ1) is 21.3. The number of ether oxygens (including phenoxy) is 1. The highest BCUT2D eigenvalue weighted by molar-refractivity contribution is 5.64. The predicted molar refractivity (Wildman–Crippen MR) is 114 cm³/mol. The summed E-state index contributed by atoms with van der Waals surface area (Å²) in [5.74, 6) is 2.16. The van der Waals surface area contributed by atoms with Gasteiger partial charge in [-0.05, 0) is 84.6 Å². The number of hydrogen-bond acceptors (Lipinski definition) is 1. The minimum absolute atomic E-state index is 0.421. The van der Waals surface area contributed by atoms with Crippen LogP contribution in [0.3, 0.4) is 0 Å². The Hall–Kier alpha value is -1.97. The number of rotatable bonds is 6. The maximum absolute atomic E-state index is 14.0. The van der Waals surface area contributed by atoms with Crippen molar-refractivity contribution in [2.75, 3.05) is 0 Å². The van der Waals surface area contributed by atoms with Gasteiger partial charge in [-0.1, -0.05) is 56.5 Å². The molecule has 0 N–H and O–H groups in total. The van der Waals surface area contributed by atoms with Crippen LogP contribution in [0.4, 0.5) is 13.2 Å². The lowest BCUT2D eigenvalue weighted by Crippen LogP contribution is -2.30. The molecule has 0 saturated heterocycles. The highest BCUT2D eigenvalue weighted by atomic mass is 19.3. The van der Waals surface area contributed by atoms with Gasteiger partial charge in [0.1, 0.15) is 0 Å². The monoisotopic (exact) mass is 416 g/mol. The molecule has 0 radical (unpaired) electrons. The van der Waals surface area contributed by atoms with Gasteiger partial charge in [0.25, 0.3) is 0 Å². The SMILES string of the molecule is CCCC1CC[C@@H]2C[C@H](c3ccc(-c4ccc(OC(F)F)c(F)c4)cc3)CC[C@@H]2C1. The Labute approximate surface area is 177 Å². The van der Waals surface area contributed by atoms with Crippen LogP contribution in [0.1, 0.15) is 69.8 Å². The van der Waals surface area contributed by atoms with Gasteiger partial charge in [0.2, 0.25) is 0 Å². The standard InChI is InChI=1S/C26H31F3O/c1-2-3-17-4-5-22-15-21(11-10-20(22)14-17)18-6-8-19(9-7-18)23-12-13-25(24(27)16-23)30-26(28)29/h6-9,12-13,16-17,20-22,26H,2-5,10-11,14-15H2,1H3/t17?,20-,21-,22-/m1/s1. The van der Waals surface area contributed by atoms with E-state index >= 15 is 0 Å². The quantitative estimate of drug-likeness (QED) is 0.461. The Kier molecular flexibility index (Phi) is 6.70. The number of alkyl halides is 2. The van der Waals surface area contributed by atoms with E-state index in [-0.39, 0.29) is 0 Å². The van der Waals surface area contributed by atoms with E-state index in [1.165, 1.54) is 69.1 Å². The second-order valence-electron chi connectivity index (χ2n) is 9.14. The van der Waals surface area contributed by atoms with E-state index in [0.29, 0.717) is 11.5 Å². The molecule has 162 valence electrons. The molecule has 2 aromatic carbocycles. The molecule has 0 spiro atoms. The third kappa shape index (κ3) is 4.84. The van der Waals surface area contributed by atoms with E-state index < -0.39 is 18.2 Å². The smallest absolute Gasteiger partial charge is 0.387 e. The Morgan fingerprint density at radius 1 is 0.900 bits per heavy atom. The van der Waals surface area contributed by atoms with Gasteiger partial charge < -0.3 is 4.74 Å². The van der Waals surface area contributed by atoms with Gasteiger partial charge in [0, 0.05) is 0 Å². The van der Waals surface area contributed by atoms with Crippen molar-refractivity contribution in [1.29, 1.82) is 0 Å². The van der Waals surface area contributed by atoms with Crippen LogP contribution in [0.25, 0.3) is 11.1 Å². The van der Waals surface area contributed by atoms with E-state index in [9.17, 15) is 13.2 Å². The summed E-state index contributed by atoms with van der Waals surface area (Å²) in [7, 11) is 0. The summed E-state index contributed by atoms with van der Waals surface area (Å²) in [5.41, 5.74) is 2.92. The molecular weight excluding hydrogens is 385 g/mol. The predicted octanol–water partition coefficient (Wildman–Crippen LogP) is 8.19. The van der Waals surface area contributed by atoms with Crippen LogP contribution in [0.2, 0.25) is 0 Å². The molecule has 1 nitrogen and oxygen atoms in total. The molecule has 4 heteroatoms. The number of halogens is 3. The highest BCUT2D eigenvalue weighted by Crippen LogP contribution is 2.48. The fourth-order valence-electron chi connectivity index (χ4n) is 5.78. The third-order valence-electron chi connectivity index (χ3n) is 7.28. The highest BCUT2D eigenvalue weighted by Gasteiger charge is 2.35. The molecule has 0 heterocycles. The molecule has 2 aliphatic rings. The Morgan fingerprint density at radius 3 is 2.30 bits per heavy atom. The topological polar surface area (TPSA) is 9.23 Å². The van der Waals surface area contributed by atoms with Crippen LogP contribution in [0.15, 0.2) is 42.5 Å². The molecular formula is C26H31F3O. The zero-order valence-corrected chi connectivity index (χ0v) is 17.6. The maximum atomic E-state index is 14.0. The molecule has 1 unspecified atom stereocenters. The van der Waals surface area contributed by atoms with Gasteiger partial charge >= 0.3 is 6.61 Å². The first-order valence-corrected chi connectivity index (χ1v) is 11.4. The summed E-state index contributed by atoms with van der Waals surface area (Å²) in [6, 6.07) is 12.5. The van der Waals surface area contributed by atoms with Gasteiger partial charge in [-0.3, -0.25) is 0 Å². The fraction of sp³-hybridized carbons (Fsp3) is 0.538. The van der Waals surface area contributed by atoms with Crippen molar-refractivity contribution in [3.63, 3.8) is 0 Å². The molecule has 2 fully saturated rings. The average molecular weight is 417 g/mol. The molecule has 4 rings (SSSR count). The molecule has 2 aromatic rings. The van der Waals surface area contributed by atoms with Crippen molar-refractivity contribution in [2.24, 2.45) is 17.8 Å². The summed E-state index contributed by atoms with van der Waals surface area (Å²) in [6.45, 7) is -0.728. The van der Waals surface area contributed by atoms with Crippen LogP contribution < -0.4 is 4.74 Å². The molecule has 0 aromatic heterocycles. The minimum atomic E-state index is -3.03. The van der Waals surface area contributed by atoms with Crippen molar-refractivity contribution in [2.45, 2.75) is 70.8 Å². The van der Waals surface area contributed by atoms with E-state index in [0.717, 1.165) is 23.3 Å². The van der Waals surface area contributed by atoms with Crippen molar-refractivity contribution < 1.29 is 17.9 Å². The molecule has 2 saturated carbocycles. The lowest BCUT2D eigenvalue weighted by molar-refractivity contribution is -0.0521. The summed E-state index contributed by atoms with van der Waals surface area (Å²) in [6.07, 6.45) is 10.8. The second-order valence-corrected chi connectivity index (χ2v) is 9.14. The van der Waals surface area contributed by atoms with Gasteiger partial charge in [-0.15, -0.1) is 0 Å². The summed E-state index contributed by atoms with van der Waals surface area (Å²) >= 11 is 0. The minimum Gasteiger partial charge on any atom is -0.432 e. The first-order valence-electron chi connectivity index (χ1n) is 11.4. The molecule has 0 amide bonds. The fourth-order valence-corrected chi connectivity index (χ4v) is 5.78. The van der Waals surface area contributed by atoms with E-state index in [1.54, 1.807) is 6.07 Å².